The summed E-state index contributed by atoms with van der Waals surface area (Å²) in [6.07, 6.45) is 1.83. The quantitative estimate of drug-likeness (QED) is 0.301. The van der Waals surface area contributed by atoms with Crippen LogP contribution in [0.25, 0.3) is 5.76 Å². The maximum atomic E-state index is 13.8. The van der Waals surface area contributed by atoms with E-state index in [9.17, 15) is 15.3 Å². The highest BCUT2D eigenvalue weighted by molar-refractivity contribution is 6.32. The van der Waals surface area contributed by atoms with Gasteiger partial charge in [0, 0.05) is 58.5 Å². The van der Waals surface area contributed by atoms with Crippen LogP contribution in [0.3, 0.4) is 0 Å². The first-order valence-electron chi connectivity index (χ1n) is 14.0. The first kappa shape index (κ1) is 27.7. The predicted octanol–water partition coefficient (Wildman–Crippen LogP) is 8.36. The third-order valence-electron chi connectivity index (χ3n) is 8.17. The number of allylic oxidation sites excluding steroid dienone is 2. The molecule has 1 atom stereocenters. The minimum absolute atomic E-state index is 0.0115. The molecular formula is C34H36ClN3O2. The van der Waals surface area contributed by atoms with Crippen LogP contribution < -0.4 is 9.80 Å². The Hall–Kier alpha value is -3.83. The molecule has 0 spiro atoms. The number of Topliss-reactive ketones (excluding diaryl/α,β-unsaturated/α-hetero) is 1. The Morgan fingerprint density at radius 3 is 2.33 bits per heavy atom. The summed E-state index contributed by atoms with van der Waals surface area (Å²) in [5.74, 6) is -0.323. The Labute approximate surface area is 241 Å². The van der Waals surface area contributed by atoms with Crippen LogP contribution in [-0.4, -0.2) is 29.8 Å². The van der Waals surface area contributed by atoms with Gasteiger partial charge < -0.3 is 10.0 Å². The maximum Gasteiger partial charge on any atom is 0.161 e. The summed E-state index contributed by atoms with van der Waals surface area (Å²) in [7, 11) is 0. The van der Waals surface area contributed by atoms with Gasteiger partial charge in [0.25, 0.3) is 0 Å². The van der Waals surface area contributed by atoms with Crippen molar-refractivity contribution in [2.24, 2.45) is 0 Å². The predicted molar refractivity (Wildman–Crippen MR) is 166 cm³/mol. The Morgan fingerprint density at radius 2 is 1.68 bits per heavy atom. The minimum atomic E-state index is -0.557. The second-order valence-electron chi connectivity index (χ2n) is 10.5. The number of hydrogen-bond acceptors (Lipinski definition) is 4. The topological polar surface area (TPSA) is 67.6 Å². The van der Waals surface area contributed by atoms with Gasteiger partial charge in [-0.05, 0) is 75.9 Å². The number of nitrogens with one attached hydrogen (secondary N) is 1. The monoisotopic (exact) mass is 553 g/mol. The molecule has 2 aliphatic rings. The van der Waals surface area contributed by atoms with Crippen LogP contribution in [0, 0.1) is 19.3 Å². The SMILES string of the molecule is CCN(CC)c1ccc(C2C3=C(CCCC3=O)N(c3cccc(Cl)c3C)C(=N)/C2=C(/O)c2ccc(C)cc2)cc1. The van der Waals surface area contributed by atoms with E-state index in [1.165, 1.54) is 0 Å². The lowest BCUT2D eigenvalue weighted by atomic mass is 9.73. The molecule has 2 N–H and O–H groups in total. The van der Waals surface area contributed by atoms with Gasteiger partial charge in [-0.15, -0.1) is 0 Å². The highest BCUT2D eigenvalue weighted by atomic mass is 35.5. The van der Waals surface area contributed by atoms with Crippen molar-refractivity contribution in [3.05, 3.63) is 111 Å². The van der Waals surface area contributed by atoms with Crippen LogP contribution in [0.2, 0.25) is 5.02 Å². The first-order chi connectivity index (χ1) is 19.3. The van der Waals surface area contributed by atoms with E-state index in [4.69, 9.17) is 11.6 Å². The molecule has 0 fully saturated rings. The Balaban J connectivity index is 1.79. The number of benzene rings is 3. The Morgan fingerprint density at radius 1 is 1.00 bits per heavy atom. The molecule has 40 heavy (non-hydrogen) atoms. The second kappa shape index (κ2) is 11.3. The molecule has 0 radical (unpaired) electrons. The number of aryl methyl sites for hydroxylation is 1. The van der Waals surface area contributed by atoms with Crippen molar-refractivity contribution in [1.29, 1.82) is 5.41 Å². The highest BCUT2D eigenvalue weighted by Gasteiger charge is 2.43. The van der Waals surface area contributed by atoms with Crippen LogP contribution in [0.15, 0.2) is 83.6 Å². The van der Waals surface area contributed by atoms with Gasteiger partial charge in [-0.2, -0.15) is 0 Å². The van der Waals surface area contributed by atoms with E-state index in [0.29, 0.717) is 34.6 Å². The zero-order valence-electron chi connectivity index (χ0n) is 23.6. The van der Waals surface area contributed by atoms with Crippen LogP contribution in [0.1, 0.15) is 61.3 Å². The average molecular weight is 554 g/mol. The number of carbonyl (C=O) groups excluding carboxylic acids is 1. The number of nitrogens with zero attached hydrogens (tertiary/aromatic N) is 2. The molecule has 0 saturated heterocycles. The van der Waals surface area contributed by atoms with Gasteiger partial charge >= 0.3 is 0 Å². The number of halogens is 1. The number of carbonyl (C=O) groups is 1. The summed E-state index contributed by atoms with van der Waals surface area (Å²) in [5, 5.41) is 22.0. The lowest BCUT2D eigenvalue weighted by Gasteiger charge is -2.42. The maximum absolute atomic E-state index is 13.8. The summed E-state index contributed by atoms with van der Waals surface area (Å²) in [5.41, 5.74) is 7.17. The molecule has 6 heteroatoms. The smallest absolute Gasteiger partial charge is 0.161 e. The third kappa shape index (κ3) is 4.84. The van der Waals surface area contributed by atoms with Gasteiger partial charge in [0.05, 0.1) is 5.69 Å². The molecule has 206 valence electrons. The molecule has 0 aromatic heterocycles. The van der Waals surface area contributed by atoms with Gasteiger partial charge in [-0.1, -0.05) is 59.6 Å². The molecule has 5 nitrogen and oxygen atoms in total. The molecule has 0 amide bonds. The summed E-state index contributed by atoms with van der Waals surface area (Å²) < 4.78 is 0. The number of aliphatic hydroxyl groups is 1. The number of hydrogen-bond donors (Lipinski definition) is 2. The standard InChI is InChI=1S/C34H36ClN3O2/c1-5-37(6-2)25-19-17-23(18-20-25)30-31-28(11-8-12-29(31)39)38(27-10-7-9-26(35)22(27)4)34(36)32(30)33(40)24-15-13-21(3)14-16-24/h7,9-10,13-20,30,36,40H,5-6,8,11-12H2,1-4H3/b33-32+,36-34?. The number of aliphatic hydroxyl groups excluding tert-OH is 1. The van der Waals surface area contributed by atoms with E-state index in [-0.39, 0.29) is 17.4 Å². The lowest BCUT2D eigenvalue weighted by Crippen LogP contribution is -2.42. The normalized spacial score (nSPS) is 18.6. The Kier molecular flexibility index (Phi) is 7.86. The van der Waals surface area contributed by atoms with Crippen molar-refractivity contribution in [1.82, 2.24) is 0 Å². The van der Waals surface area contributed by atoms with E-state index in [1.54, 1.807) is 0 Å². The van der Waals surface area contributed by atoms with Gasteiger partial charge in [0.1, 0.15) is 11.6 Å². The van der Waals surface area contributed by atoms with Crippen LogP contribution in [-0.2, 0) is 4.79 Å². The molecule has 0 saturated carbocycles. The van der Waals surface area contributed by atoms with Crippen LogP contribution >= 0.6 is 11.6 Å². The van der Waals surface area contributed by atoms with Crippen molar-refractivity contribution in [3.8, 4) is 0 Å². The molecule has 1 heterocycles. The van der Waals surface area contributed by atoms with Crippen molar-refractivity contribution in [2.75, 3.05) is 22.9 Å². The fraction of sp³-hybridized carbons (Fsp3) is 0.294. The largest absolute Gasteiger partial charge is 0.507 e. The Bertz CT molecular complexity index is 1520. The van der Waals surface area contributed by atoms with Gasteiger partial charge in [0.2, 0.25) is 0 Å². The second-order valence-corrected chi connectivity index (χ2v) is 10.9. The van der Waals surface area contributed by atoms with E-state index >= 15 is 0 Å². The summed E-state index contributed by atoms with van der Waals surface area (Å²) in [6, 6.07) is 21.5. The van der Waals surface area contributed by atoms with Crippen molar-refractivity contribution < 1.29 is 9.90 Å². The molecular weight excluding hydrogens is 518 g/mol. The van der Waals surface area contributed by atoms with Crippen LogP contribution in [0.4, 0.5) is 11.4 Å². The number of anilines is 2. The van der Waals surface area contributed by atoms with E-state index < -0.39 is 5.92 Å². The zero-order valence-corrected chi connectivity index (χ0v) is 24.3. The van der Waals surface area contributed by atoms with E-state index in [1.807, 2.05) is 73.3 Å². The summed E-state index contributed by atoms with van der Waals surface area (Å²) >= 11 is 6.54. The van der Waals surface area contributed by atoms with Crippen molar-refractivity contribution >= 4 is 40.4 Å². The third-order valence-corrected chi connectivity index (χ3v) is 8.58. The van der Waals surface area contributed by atoms with Gasteiger partial charge in [0.15, 0.2) is 5.78 Å². The fourth-order valence-corrected chi connectivity index (χ4v) is 6.13. The van der Waals surface area contributed by atoms with E-state index in [2.05, 4.69) is 30.9 Å². The molecule has 1 unspecified atom stereocenters. The minimum Gasteiger partial charge on any atom is -0.507 e. The van der Waals surface area contributed by atoms with Gasteiger partial charge in [-0.3, -0.25) is 15.1 Å². The average Bonchev–Trinajstić information content (AvgIpc) is 2.96. The van der Waals surface area contributed by atoms with E-state index in [0.717, 1.165) is 53.3 Å². The fourth-order valence-electron chi connectivity index (χ4n) is 5.96. The molecule has 3 aromatic carbocycles. The lowest BCUT2D eigenvalue weighted by molar-refractivity contribution is -0.116. The molecule has 1 aliphatic heterocycles. The zero-order chi connectivity index (χ0) is 28.6. The van der Waals surface area contributed by atoms with Gasteiger partial charge in [-0.25, -0.2) is 0 Å². The highest BCUT2D eigenvalue weighted by Crippen LogP contribution is 2.49. The summed E-state index contributed by atoms with van der Waals surface area (Å²) in [4.78, 5) is 17.9. The van der Waals surface area contributed by atoms with Crippen molar-refractivity contribution in [3.63, 3.8) is 0 Å². The molecule has 3 aromatic rings. The molecule has 0 bridgehead atoms. The van der Waals surface area contributed by atoms with Crippen LogP contribution in [0.5, 0.6) is 0 Å². The first-order valence-corrected chi connectivity index (χ1v) is 14.4. The molecule has 1 aliphatic carbocycles. The number of ketones is 1. The molecule has 5 rings (SSSR count). The number of amidine groups is 1. The van der Waals surface area contributed by atoms with Crippen molar-refractivity contribution in [2.45, 2.75) is 52.9 Å². The number of rotatable bonds is 6. The summed E-state index contributed by atoms with van der Waals surface area (Å²) in [6.45, 7) is 9.97.